The number of carbonyl (C=O) groups excluding carboxylic acids is 2. The van der Waals surface area contributed by atoms with E-state index in [0.717, 1.165) is 61.6 Å². The standard InChI is InChI=1S/C47H48O7/c1-3-34-15-28-42(43(33-34)50-2)54-45(49)53-41-26-20-38(21-27-41)47(31-11-6-12-32-47)37-18-24-40(25-19-37)52-44(48)51-39-22-16-36(17-23-39)46(29-9-5-10-30-46)35-13-7-4-8-14-35/h4,7-8,13-28,33H,3,5-6,9-12,29-32H2,1-2H3. The molecule has 0 heterocycles. The molecule has 0 aromatic heterocycles. The van der Waals surface area contributed by atoms with E-state index >= 15 is 0 Å². The van der Waals surface area contributed by atoms with E-state index in [1.165, 1.54) is 36.8 Å². The van der Waals surface area contributed by atoms with Crippen molar-refractivity contribution < 1.29 is 33.3 Å². The third-order valence-electron chi connectivity index (χ3n) is 11.4. The van der Waals surface area contributed by atoms with Gasteiger partial charge < -0.3 is 23.7 Å². The number of rotatable bonds is 10. The van der Waals surface area contributed by atoms with Crippen molar-refractivity contribution in [2.75, 3.05) is 7.11 Å². The van der Waals surface area contributed by atoms with Gasteiger partial charge in [-0.3, -0.25) is 0 Å². The van der Waals surface area contributed by atoms with Crippen LogP contribution < -0.4 is 23.7 Å². The Bertz CT molecular complexity index is 2010. The van der Waals surface area contributed by atoms with Crippen LogP contribution in [0, 0.1) is 0 Å². The summed E-state index contributed by atoms with van der Waals surface area (Å²) in [7, 11) is 1.54. The summed E-state index contributed by atoms with van der Waals surface area (Å²) < 4.78 is 27.6. The monoisotopic (exact) mass is 724 g/mol. The lowest BCUT2D eigenvalue weighted by atomic mass is 9.65. The van der Waals surface area contributed by atoms with E-state index in [0.29, 0.717) is 28.7 Å². The Morgan fingerprint density at radius 1 is 0.481 bits per heavy atom. The van der Waals surface area contributed by atoms with Gasteiger partial charge in [0.15, 0.2) is 11.5 Å². The van der Waals surface area contributed by atoms with Crippen LogP contribution in [0.1, 0.15) is 98.9 Å². The Kier molecular flexibility index (Phi) is 11.3. The molecule has 2 saturated carbocycles. The first-order valence-corrected chi connectivity index (χ1v) is 19.2. The van der Waals surface area contributed by atoms with E-state index in [9.17, 15) is 9.59 Å². The van der Waals surface area contributed by atoms with Crippen LogP contribution >= 0.6 is 0 Å². The zero-order valence-electron chi connectivity index (χ0n) is 31.2. The summed E-state index contributed by atoms with van der Waals surface area (Å²) in [5.74, 6) is 2.04. The second-order valence-electron chi connectivity index (χ2n) is 14.5. The molecule has 2 fully saturated rings. The lowest BCUT2D eigenvalue weighted by molar-refractivity contribution is 0.149. The van der Waals surface area contributed by atoms with Gasteiger partial charge in [-0.05, 0) is 108 Å². The topological polar surface area (TPSA) is 80.3 Å². The molecule has 54 heavy (non-hydrogen) atoms. The van der Waals surface area contributed by atoms with Gasteiger partial charge in [0.2, 0.25) is 0 Å². The molecule has 0 bridgehead atoms. The fourth-order valence-corrected chi connectivity index (χ4v) is 8.52. The van der Waals surface area contributed by atoms with E-state index < -0.39 is 12.3 Å². The van der Waals surface area contributed by atoms with E-state index in [2.05, 4.69) is 42.5 Å². The Labute approximate surface area is 318 Å². The van der Waals surface area contributed by atoms with Crippen molar-refractivity contribution in [3.8, 4) is 28.7 Å². The van der Waals surface area contributed by atoms with Crippen molar-refractivity contribution in [3.05, 3.63) is 149 Å². The van der Waals surface area contributed by atoms with E-state index in [4.69, 9.17) is 23.7 Å². The lowest BCUT2D eigenvalue weighted by Crippen LogP contribution is -2.30. The van der Waals surface area contributed by atoms with Crippen molar-refractivity contribution in [2.24, 2.45) is 0 Å². The molecule has 0 amide bonds. The van der Waals surface area contributed by atoms with Gasteiger partial charge in [-0.15, -0.1) is 0 Å². The highest BCUT2D eigenvalue weighted by Crippen LogP contribution is 2.47. The SMILES string of the molecule is CCc1ccc(OC(=O)Oc2ccc(C3(c4ccc(OC(=O)Oc5ccc(C6(c7ccccc7)CCCCC6)cc5)cc4)CCCCC3)cc2)c(OC)c1. The van der Waals surface area contributed by atoms with Gasteiger partial charge in [-0.1, -0.05) is 118 Å². The lowest BCUT2D eigenvalue weighted by Gasteiger charge is -2.38. The second-order valence-corrected chi connectivity index (χ2v) is 14.5. The summed E-state index contributed by atoms with van der Waals surface area (Å²) in [6.07, 6.45) is 10.4. The predicted octanol–water partition coefficient (Wildman–Crippen LogP) is 11.9. The Morgan fingerprint density at radius 3 is 1.30 bits per heavy atom. The molecule has 0 spiro atoms. The molecule has 278 valence electrons. The summed E-state index contributed by atoms with van der Waals surface area (Å²) in [4.78, 5) is 25.6. The third kappa shape index (κ3) is 8.01. The average Bonchev–Trinajstić information content (AvgIpc) is 3.22. The fourth-order valence-electron chi connectivity index (χ4n) is 8.52. The van der Waals surface area contributed by atoms with Crippen molar-refractivity contribution in [3.63, 3.8) is 0 Å². The molecule has 5 aromatic rings. The summed E-state index contributed by atoms with van der Waals surface area (Å²) in [5.41, 5.74) is 5.71. The van der Waals surface area contributed by atoms with Crippen molar-refractivity contribution in [2.45, 2.75) is 88.4 Å². The van der Waals surface area contributed by atoms with Crippen molar-refractivity contribution in [1.29, 1.82) is 0 Å². The molecular weight excluding hydrogens is 677 g/mol. The van der Waals surface area contributed by atoms with Gasteiger partial charge in [0.05, 0.1) is 7.11 Å². The van der Waals surface area contributed by atoms with Gasteiger partial charge in [0, 0.05) is 10.8 Å². The maximum absolute atomic E-state index is 12.9. The van der Waals surface area contributed by atoms with Crippen LogP contribution in [0.4, 0.5) is 9.59 Å². The maximum Gasteiger partial charge on any atom is 0.519 e. The van der Waals surface area contributed by atoms with E-state index in [-0.39, 0.29) is 10.8 Å². The first-order valence-electron chi connectivity index (χ1n) is 19.2. The molecule has 0 unspecified atom stereocenters. The molecule has 7 heteroatoms. The first-order chi connectivity index (χ1) is 26.4. The molecule has 7 nitrogen and oxygen atoms in total. The van der Waals surface area contributed by atoms with Crippen LogP contribution in [-0.4, -0.2) is 19.4 Å². The van der Waals surface area contributed by atoms with Gasteiger partial charge in [-0.25, -0.2) is 9.59 Å². The van der Waals surface area contributed by atoms with Crippen LogP contribution in [0.3, 0.4) is 0 Å². The zero-order chi connectivity index (χ0) is 37.4. The molecule has 2 aliphatic rings. The predicted molar refractivity (Wildman–Crippen MR) is 209 cm³/mol. The highest BCUT2D eigenvalue weighted by molar-refractivity contribution is 5.69. The summed E-state index contributed by atoms with van der Waals surface area (Å²) in [6.45, 7) is 2.05. The largest absolute Gasteiger partial charge is 0.519 e. The first kappa shape index (κ1) is 36.8. The van der Waals surface area contributed by atoms with Crippen molar-refractivity contribution in [1.82, 2.24) is 0 Å². The molecule has 0 radical (unpaired) electrons. The third-order valence-corrected chi connectivity index (χ3v) is 11.4. The maximum atomic E-state index is 12.9. The highest BCUT2D eigenvalue weighted by atomic mass is 16.7. The molecular formula is C47H48O7. The number of hydrogen-bond donors (Lipinski definition) is 0. The van der Waals surface area contributed by atoms with Crippen LogP contribution in [0.5, 0.6) is 28.7 Å². The van der Waals surface area contributed by atoms with Gasteiger partial charge in [0.1, 0.15) is 17.2 Å². The minimum Gasteiger partial charge on any atom is -0.493 e. The average molecular weight is 725 g/mol. The second kappa shape index (κ2) is 16.6. The molecule has 0 aliphatic heterocycles. The minimum atomic E-state index is -0.834. The molecule has 2 aliphatic carbocycles. The zero-order valence-corrected chi connectivity index (χ0v) is 31.2. The van der Waals surface area contributed by atoms with Crippen LogP contribution in [-0.2, 0) is 17.3 Å². The Morgan fingerprint density at radius 2 is 0.889 bits per heavy atom. The van der Waals surface area contributed by atoms with E-state index in [1.54, 1.807) is 25.3 Å². The Balaban J connectivity index is 0.994. The normalized spacial score (nSPS) is 16.1. The molecule has 0 atom stereocenters. The number of aryl methyl sites for hydroxylation is 1. The van der Waals surface area contributed by atoms with Crippen LogP contribution in [0.15, 0.2) is 121 Å². The number of carbonyl (C=O) groups is 2. The number of methoxy groups -OCH3 is 1. The molecule has 5 aromatic carbocycles. The fraction of sp³-hybridized carbons (Fsp3) is 0.319. The molecule has 0 saturated heterocycles. The minimum absolute atomic E-state index is 0.0174. The molecule has 7 rings (SSSR count). The smallest absolute Gasteiger partial charge is 0.493 e. The summed E-state index contributed by atoms with van der Waals surface area (Å²) in [5, 5.41) is 0. The summed E-state index contributed by atoms with van der Waals surface area (Å²) in [6, 6.07) is 39.5. The Hall–Kier alpha value is -5.56. The van der Waals surface area contributed by atoms with Crippen molar-refractivity contribution >= 4 is 12.3 Å². The molecule has 0 N–H and O–H groups in total. The van der Waals surface area contributed by atoms with Gasteiger partial charge >= 0.3 is 12.3 Å². The van der Waals surface area contributed by atoms with Crippen LogP contribution in [0.2, 0.25) is 0 Å². The quantitative estimate of drug-likeness (QED) is 0.105. The van der Waals surface area contributed by atoms with Crippen LogP contribution in [0.25, 0.3) is 0 Å². The number of ether oxygens (including phenoxy) is 5. The summed E-state index contributed by atoms with van der Waals surface area (Å²) >= 11 is 0. The highest BCUT2D eigenvalue weighted by Gasteiger charge is 2.37. The number of hydrogen-bond acceptors (Lipinski definition) is 7. The van der Waals surface area contributed by atoms with Gasteiger partial charge in [-0.2, -0.15) is 0 Å². The van der Waals surface area contributed by atoms with Gasteiger partial charge in [0.25, 0.3) is 0 Å². The number of benzene rings is 5. The van der Waals surface area contributed by atoms with E-state index in [1.807, 2.05) is 67.6 Å².